The molecule has 0 aliphatic heterocycles. The van der Waals surface area contributed by atoms with Crippen molar-refractivity contribution >= 4 is 45.9 Å². The van der Waals surface area contributed by atoms with E-state index < -0.39 is 0 Å². The van der Waals surface area contributed by atoms with E-state index >= 15 is 0 Å². The van der Waals surface area contributed by atoms with E-state index in [1.807, 2.05) is 26.0 Å². The van der Waals surface area contributed by atoms with Crippen molar-refractivity contribution in [2.24, 2.45) is 0 Å². The summed E-state index contributed by atoms with van der Waals surface area (Å²) in [4.78, 5) is 9.04. The van der Waals surface area contributed by atoms with Gasteiger partial charge in [0.25, 0.3) is 0 Å². The number of nitrogens with one attached hydrogen (secondary N) is 4. The Morgan fingerprint density at radius 2 is 1.62 bits per heavy atom. The van der Waals surface area contributed by atoms with Gasteiger partial charge in [0.05, 0.1) is 9.26 Å². The summed E-state index contributed by atoms with van der Waals surface area (Å²) in [5.74, 6) is 1.94. The lowest BCUT2D eigenvalue weighted by atomic mass is 10.0. The van der Waals surface area contributed by atoms with Crippen LogP contribution in [-0.4, -0.2) is 30.4 Å². The molecule has 0 unspecified atom stereocenters. The minimum absolute atomic E-state index is 0.519. The first-order chi connectivity index (χ1) is 13.9. The SMILES string of the molecule is Cc1cc(Nc2nc(Nc3cc(C)c(-c4cc(C)[nH]n4)cc3C)ncc2I)n[nH]1. The zero-order valence-electron chi connectivity index (χ0n) is 16.6. The molecule has 4 N–H and O–H groups in total. The molecule has 3 aromatic heterocycles. The fourth-order valence-electron chi connectivity index (χ4n) is 3.02. The lowest BCUT2D eigenvalue weighted by Crippen LogP contribution is -2.04. The number of aryl methyl sites for hydroxylation is 4. The third-order valence-electron chi connectivity index (χ3n) is 4.50. The van der Waals surface area contributed by atoms with Gasteiger partial charge in [0, 0.05) is 34.9 Å². The molecule has 0 bridgehead atoms. The quantitative estimate of drug-likeness (QED) is 0.290. The van der Waals surface area contributed by atoms with Crippen molar-refractivity contribution in [1.29, 1.82) is 0 Å². The van der Waals surface area contributed by atoms with Crippen molar-refractivity contribution in [2.45, 2.75) is 27.7 Å². The smallest absolute Gasteiger partial charge is 0.229 e. The van der Waals surface area contributed by atoms with Crippen LogP contribution in [-0.2, 0) is 0 Å². The van der Waals surface area contributed by atoms with E-state index in [2.05, 4.69) is 89.6 Å². The van der Waals surface area contributed by atoms with Crippen LogP contribution in [0.3, 0.4) is 0 Å². The number of halogens is 1. The average Bonchev–Trinajstić information content (AvgIpc) is 3.29. The molecule has 0 spiro atoms. The highest BCUT2D eigenvalue weighted by Crippen LogP contribution is 2.30. The van der Waals surface area contributed by atoms with E-state index in [1.54, 1.807) is 6.20 Å². The van der Waals surface area contributed by atoms with Gasteiger partial charge < -0.3 is 10.6 Å². The molecule has 4 rings (SSSR count). The van der Waals surface area contributed by atoms with Crippen LogP contribution in [0.25, 0.3) is 11.3 Å². The van der Waals surface area contributed by atoms with E-state index in [1.165, 1.54) is 0 Å². The molecule has 148 valence electrons. The number of hydrogen-bond acceptors (Lipinski definition) is 6. The maximum atomic E-state index is 4.61. The Morgan fingerprint density at radius 1 is 0.862 bits per heavy atom. The van der Waals surface area contributed by atoms with Crippen molar-refractivity contribution in [2.75, 3.05) is 10.6 Å². The molecule has 0 radical (unpaired) electrons. The molecule has 0 amide bonds. The van der Waals surface area contributed by atoms with Crippen LogP contribution in [0.15, 0.2) is 30.5 Å². The van der Waals surface area contributed by atoms with Crippen molar-refractivity contribution < 1.29 is 0 Å². The zero-order valence-corrected chi connectivity index (χ0v) is 18.7. The maximum absolute atomic E-state index is 4.61. The molecule has 29 heavy (non-hydrogen) atoms. The summed E-state index contributed by atoms with van der Waals surface area (Å²) in [6.07, 6.45) is 1.78. The van der Waals surface area contributed by atoms with Crippen molar-refractivity contribution in [3.63, 3.8) is 0 Å². The first kappa shape index (κ1) is 19.4. The summed E-state index contributed by atoms with van der Waals surface area (Å²) in [5, 5.41) is 21.1. The lowest BCUT2D eigenvalue weighted by Gasteiger charge is -2.13. The van der Waals surface area contributed by atoms with Crippen LogP contribution in [0.4, 0.5) is 23.3 Å². The van der Waals surface area contributed by atoms with E-state index in [4.69, 9.17) is 0 Å². The number of hydrogen-bond donors (Lipinski definition) is 4. The normalized spacial score (nSPS) is 10.9. The van der Waals surface area contributed by atoms with Crippen molar-refractivity contribution in [3.05, 3.63) is 56.5 Å². The molecule has 0 saturated heterocycles. The second-order valence-corrected chi connectivity index (χ2v) is 8.16. The number of nitrogens with zero attached hydrogens (tertiary/aromatic N) is 4. The van der Waals surface area contributed by atoms with Gasteiger partial charge in [0.15, 0.2) is 11.6 Å². The Balaban J connectivity index is 1.60. The lowest BCUT2D eigenvalue weighted by molar-refractivity contribution is 1.04. The Hall–Kier alpha value is -2.95. The molecular weight excluding hydrogens is 479 g/mol. The third kappa shape index (κ3) is 4.24. The second-order valence-electron chi connectivity index (χ2n) is 6.99. The molecule has 0 aliphatic carbocycles. The predicted molar refractivity (Wildman–Crippen MR) is 123 cm³/mol. The minimum atomic E-state index is 0.519. The van der Waals surface area contributed by atoms with Gasteiger partial charge in [-0.2, -0.15) is 15.2 Å². The van der Waals surface area contributed by atoms with E-state index in [0.29, 0.717) is 11.8 Å². The summed E-state index contributed by atoms with van der Waals surface area (Å²) in [6.45, 7) is 8.09. The standard InChI is InChI=1S/C20H21IN8/c1-10-6-16(11(2)5-14(10)17-7-12(3)26-28-17)23-20-22-9-15(21)19(25-20)24-18-8-13(4)27-29-18/h5-9H,1-4H3,(H,26,28)(H3,22,23,24,25,27,29). The molecule has 4 aromatic rings. The van der Waals surface area contributed by atoms with Crippen molar-refractivity contribution in [1.82, 2.24) is 30.4 Å². The molecule has 1 aromatic carbocycles. The van der Waals surface area contributed by atoms with Gasteiger partial charge in [-0.15, -0.1) is 0 Å². The summed E-state index contributed by atoms with van der Waals surface area (Å²) in [5.41, 5.74) is 7.25. The summed E-state index contributed by atoms with van der Waals surface area (Å²) < 4.78 is 0.908. The molecule has 0 atom stereocenters. The molecule has 0 fully saturated rings. The van der Waals surface area contributed by atoms with Gasteiger partial charge in [0.2, 0.25) is 5.95 Å². The van der Waals surface area contributed by atoms with Gasteiger partial charge in [-0.05, 0) is 79.6 Å². The molecule has 0 saturated carbocycles. The van der Waals surface area contributed by atoms with Crippen molar-refractivity contribution in [3.8, 4) is 11.3 Å². The summed E-state index contributed by atoms with van der Waals surface area (Å²) in [6, 6.07) is 8.20. The first-order valence-electron chi connectivity index (χ1n) is 9.11. The molecule has 3 heterocycles. The van der Waals surface area contributed by atoms with Crippen LogP contribution < -0.4 is 10.6 Å². The number of H-pyrrole nitrogens is 2. The number of rotatable bonds is 5. The van der Waals surface area contributed by atoms with Crippen LogP contribution >= 0.6 is 22.6 Å². The van der Waals surface area contributed by atoms with Gasteiger partial charge in [-0.1, -0.05) is 0 Å². The maximum Gasteiger partial charge on any atom is 0.229 e. The largest absolute Gasteiger partial charge is 0.324 e. The van der Waals surface area contributed by atoms with E-state index in [0.717, 1.165) is 48.8 Å². The highest BCUT2D eigenvalue weighted by molar-refractivity contribution is 14.1. The highest BCUT2D eigenvalue weighted by Gasteiger charge is 2.12. The van der Waals surface area contributed by atoms with Crippen LogP contribution in [0.5, 0.6) is 0 Å². The fraction of sp³-hybridized carbons (Fsp3) is 0.200. The van der Waals surface area contributed by atoms with E-state index in [9.17, 15) is 0 Å². The highest BCUT2D eigenvalue weighted by atomic mass is 127. The Kier molecular flexibility index (Phi) is 5.22. The van der Waals surface area contributed by atoms with Crippen LogP contribution in [0.1, 0.15) is 22.5 Å². The first-order valence-corrected chi connectivity index (χ1v) is 10.2. The Bertz CT molecular complexity index is 1180. The monoisotopic (exact) mass is 500 g/mol. The number of aromatic amines is 2. The fourth-order valence-corrected chi connectivity index (χ4v) is 3.42. The second kappa shape index (κ2) is 7.82. The number of benzene rings is 1. The molecule has 0 aliphatic rings. The van der Waals surface area contributed by atoms with Gasteiger partial charge >= 0.3 is 0 Å². The predicted octanol–water partition coefficient (Wildman–Crippen LogP) is 4.92. The van der Waals surface area contributed by atoms with Gasteiger partial charge in [-0.25, -0.2) is 4.98 Å². The minimum Gasteiger partial charge on any atom is -0.324 e. The van der Waals surface area contributed by atoms with Gasteiger partial charge in [0.1, 0.15) is 0 Å². The van der Waals surface area contributed by atoms with E-state index in [-0.39, 0.29) is 0 Å². The molecule has 8 nitrogen and oxygen atoms in total. The van der Waals surface area contributed by atoms with Gasteiger partial charge in [-0.3, -0.25) is 10.2 Å². The average molecular weight is 500 g/mol. The number of aromatic nitrogens is 6. The van der Waals surface area contributed by atoms with Crippen LogP contribution in [0, 0.1) is 31.3 Å². The summed E-state index contributed by atoms with van der Waals surface area (Å²) >= 11 is 2.20. The summed E-state index contributed by atoms with van der Waals surface area (Å²) in [7, 11) is 0. The zero-order chi connectivity index (χ0) is 20.5. The molecular formula is C20H21IN8. The Labute approximate surface area is 182 Å². The Morgan fingerprint density at radius 3 is 2.31 bits per heavy atom. The number of anilines is 4. The topological polar surface area (TPSA) is 107 Å². The molecule has 9 heteroatoms. The van der Waals surface area contributed by atoms with Crippen LogP contribution in [0.2, 0.25) is 0 Å². The third-order valence-corrected chi connectivity index (χ3v) is 5.29.